The number of hydrogen-bond acceptors (Lipinski definition) is 1. The van der Waals surface area contributed by atoms with Gasteiger partial charge in [-0.15, -0.1) is 0 Å². The molecule has 62 valence electrons. The number of nitrogens with zero attached hydrogens (tertiary/aromatic N) is 1. The van der Waals surface area contributed by atoms with Crippen LogP contribution in [0.3, 0.4) is 0 Å². The fraction of sp³-hybridized carbons (Fsp3) is 0.222. The van der Waals surface area contributed by atoms with Gasteiger partial charge in [-0.25, -0.2) is 4.39 Å². The molecular formula is C9H7BrFN. The summed E-state index contributed by atoms with van der Waals surface area (Å²) in [6.45, 7) is 1.94. The Bertz CT molecular complexity index is 439. The summed E-state index contributed by atoms with van der Waals surface area (Å²) in [7, 11) is 0. The largest absolute Gasteiger partial charge is 0.274 e. The molecule has 0 spiro atoms. The Morgan fingerprint density at radius 2 is 2.25 bits per heavy atom. The standard InChI is InChI=1S/C9H7BrFN/c1-5-2-6-3-7(10)4-8(11)9(6)12-5/h2-5H,1H3. The molecule has 0 saturated heterocycles. The average Bonchev–Trinajstić information content (AvgIpc) is 2.29. The quantitative estimate of drug-likeness (QED) is 0.636. The van der Waals surface area contributed by atoms with Crippen LogP contribution in [-0.4, -0.2) is 6.04 Å². The summed E-state index contributed by atoms with van der Waals surface area (Å²) in [4.78, 5) is 4.14. The molecule has 0 fully saturated rings. The molecule has 1 aliphatic rings. The highest BCUT2D eigenvalue weighted by atomic mass is 79.9. The molecule has 12 heavy (non-hydrogen) atoms. The van der Waals surface area contributed by atoms with Gasteiger partial charge in [0.2, 0.25) is 0 Å². The lowest BCUT2D eigenvalue weighted by atomic mass is 10.2. The lowest BCUT2D eigenvalue weighted by Gasteiger charge is -1.90. The smallest absolute Gasteiger partial charge is 0.150 e. The van der Waals surface area contributed by atoms with E-state index in [1.807, 2.05) is 19.1 Å². The summed E-state index contributed by atoms with van der Waals surface area (Å²) in [5.41, 5.74) is 0. The van der Waals surface area contributed by atoms with E-state index in [0.29, 0.717) is 5.36 Å². The highest BCUT2D eigenvalue weighted by molar-refractivity contribution is 9.10. The Balaban J connectivity index is 2.86. The molecule has 1 nitrogen and oxygen atoms in total. The van der Waals surface area contributed by atoms with Gasteiger partial charge in [-0.2, -0.15) is 0 Å². The van der Waals surface area contributed by atoms with Crippen molar-refractivity contribution < 1.29 is 4.39 Å². The molecule has 1 unspecified atom stereocenters. The zero-order valence-electron chi connectivity index (χ0n) is 6.51. The van der Waals surface area contributed by atoms with E-state index >= 15 is 0 Å². The van der Waals surface area contributed by atoms with Crippen molar-refractivity contribution in [1.29, 1.82) is 0 Å². The van der Waals surface area contributed by atoms with Gasteiger partial charge in [-0.1, -0.05) is 22.0 Å². The molecule has 2 rings (SSSR count). The fourth-order valence-corrected chi connectivity index (χ4v) is 1.80. The van der Waals surface area contributed by atoms with Crippen LogP contribution in [0.25, 0.3) is 6.08 Å². The second kappa shape index (κ2) is 2.66. The first-order valence-corrected chi connectivity index (χ1v) is 4.51. The van der Waals surface area contributed by atoms with Gasteiger partial charge < -0.3 is 0 Å². The SMILES string of the molecule is CC1C=c2cc(Br)cc(F)c2=N1. The van der Waals surface area contributed by atoms with Crippen molar-refractivity contribution in [2.75, 3.05) is 0 Å². The number of benzene rings is 1. The Hall–Kier alpha value is -0.700. The van der Waals surface area contributed by atoms with Gasteiger partial charge in [0.1, 0.15) is 11.2 Å². The molecular weight excluding hydrogens is 221 g/mol. The molecule has 0 aromatic heterocycles. The van der Waals surface area contributed by atoms with Crippen molar-refractivity contribution in [3.05, 3.63) is 33.0 Å². The predicted octanol–water partition coefficient (Wildman–Crippen LogP) is 1.39. The zero-order valence-corrected chi connectivity index (χ0v) is 8.10. The van der Waals surface area contributed by atoms with Crippen LogP contribution in [0.15, 0.2) is 21.6 Å². The van der Waals surface area contributed by atoms with Gasteiger partial charge in [-0.3, -0.25) is 4.99 Å². The molecule has 0 amide bonds. The number of fused-ring (bicyclic) bond motifs is 1. The summed E-state index contributed by atoms with van der Waals surface area (Å²) >= 11 is 3.23. The second-order valence-corrected chi connectivity index (χ2v) is 3.78. The molecule has 1 atom stereocenters. The second-order valence-electron chi connectivity index (χ2n) is 2.86. The Morgan fingerprint density at radius 3 is 3.00 bits per heavy atom. The van der Waals surface area contributed by atoms with Crippen LogP contribution in [0.2, 0.25) is 0 Å². The summed E-state index contributed by atoms with van der Waals surface area (Å²) in [5, 5.41) is 1.38. The Kier molecular flexibility index (Phi) is 1.76. The number of halogens is 2. The van der Waals surface area contributed by atoms with Gasteiger partial charge in [0.25, 0.3) is 0 Å². The van der Waals surface area contributed by atoms with Crippen LogP contribution >= 0.6 is 15.9 Å². The minimum absolute atomic E-state index is 0.101. The van der Waals surface area contributed by atoms with Crippen LogP contribution in [0, 0.1) is 5.82 Å². The third-order valence-corrected chi connectivity index (χ3v) is 2.27. The summed E-state index contributed by atoms with van der Waals surface area (Å²) in [6.07, 6.45) is 1.95. The molecule has 1 aliphatic heterocycles. The maximum absolute atomic E-state index is 13.2. The lowest BCUT2D eigenvalue weighted by Crippen LogP contribution is -2.24. The Labute approximate surface area is 77.8 Å². The van der Waals surface area contributed by atoms with E-state index in [4.69, 9.17) is 0 Å². The highest BCUT2D eigenvalue weighted by Gasteiger charge is 2.07. The van der Waals surface area contributed by atoms with E-state index in [-0.39, 0.29) is 11.9 Å². The van der Waals surface area contributed by atoms with E-state index in [2.05, 4.69) is 20.9 Å². The molecule has 3 heteroatoms. The van der Waals surface area contributed by atoms with E-state index in [9.17, 15) is 4.39 Å². The molecule has 0 bridgehead atoms. The van der Waals surface area contributed by atoms with Crippen LogP contribution in [-0.2, 0) is 0 Å². The van der Waals surface area contributed by atoms with Gasteiger partial charge in [-0.05, 0) is 19.1 Å². The van der Waals surface area contributed by atoms with E-state index < -0.39 is 0 Å². The number of hydrogen-bond donors (Lipinski definition) is 0. The van der Waals surface area contributed by atoms with Crippen molar-refractivity contribution in [3.63, 3.8) is 0 Å². The van der Waals surface area contributed by atoms with Gasteiger partial charge in [0, 0.05) is 9.69 Å². The molecule has 1 heterocycles. The fourth-order valence-electron chi connectivity index (χ4n) is 1.35. The van der Waals surface area contributed by atoms with E-state index in [0.717, 1.165) is 9.69 Å². The summed E-state index contributed by atoms with van der Waals surface area (Å²) in [5.74, 6) is -0.250. The monoisotopic (exact) mass is 227 g/mol. The molecule has 0 saturated carbocycles. The topological polar surface area (TPSA) is 12.4 Å². The minimum atomic E-state index is -0.250. The minimum Gasteiger partial charge on any atom is -0.274 e. The predicted molar refractivity (Wildman–Crippen MR) is 48.8 cm³/mol. The van der Waals surface area contributed by atoms with Crippen molar-refractivity contribution in [3.8, 4) is 0 Å². The van der Waals surface area contributed by atoms with Gasteiger partial charge in [0.05, 0.1) is 6.04 Å². The zero-order chi connectivity index (χ0) is 8.72. The normalized spacial score (nSPS) is 19.8. The first kappa shape index (κ1) is 7.92. The van der Waals surface area contributed by atoms with Crippen LogP contribution in [0.4, 0.5) is 4.39 Å². The Morgan fingerprint density at radius 1 is 1.50 bits per heavy atom. The maximum atomic E-state index is 13.2. The van der Waals surface area contributed by atoms with Crippen molar-refractivity contribution >= 4 is 22.0 Å². The highest BCUT2D eigenvalue weighted by Crippen LogP contribution is 2.06. The van der Waals surface area contributed by atoms with Gasteiger partial charge in [0.15, 0.2) is 0 Å². The molecule has 0 radical (unpaired) electrons. The summed E-state index contributed by atoms with van der Waals surface area (Å²) in [6, 6.07) is 3.42. The van der Waals surface area contributed by atoms with Crippen LogP contribution in [0.5, 0.6) is 0 Å². The molecule has 0 N–H and O–H groups in total. The first-order valence-electron chi connectivity index (χ1n) is 3.71. The van der Waals surface area contributed by atoms with Crippen LogP contribution in [0.1, 0.15) is 6.92 Å². The average molecular weight is 228 g/mol. The van der Waals surface area contributed by atoms with Crippen molar-refractivity contribution in [1.82, 2.24) is 0 Å². The van der Waals surface area contributed by atoms with Crippen LogP contribution < -0.4 is 10.6 Å². The third kappa shape index (κ3) is 1.18. The van der Waals surface area contributed by atoms with Crippen molar-refractivity contribution in [2.45, 2.75) is 13.0 Å². The third-order valence-electron chi connectivity index (χ3n) is 1.81. The molecule has 1 aromatic carbocycles. The lowest BCUT2D eigenvalue weighted by molar-refractivity contribution is 0.608. The molecule has 0 aliphatic carbocycles. The molecule has 1 aromatic rings. The summed E-state index contributed by atoms with van der Waals surface area (Å²) < 4.78 is 13.9. The van der Waals surface area contributed by atoms with E-state index in [1.54, 1.807) is 0 Å². The van der Waals surface area contributed by atoms with E-state index in [1.165, 1.54) is 6.07 Å². The first-order chi connectivity index (χ1) is 5.66. The van der Waals surface area contributed by atoms with Crippen molar-refractivity contribution in [2.24, 2.45) is 4.99 Å². The maximum Gasteiger partial charge on any atom is 0.150 e. The number of rotatable bonds is 0. The van der Waals surface area contributed by atoms with Gasteiger partial charge >= 0.3 is 0 Å².